The average Bonchev–Trinajstić information content (AvgIpc) is 2.28. The third-order valence-corrected chi connectivity index (χ3v) is 3.91. The molecule has 0 aliphatic rings. The molecule has 4 nitrogen and oxygen atoms in total. The SMILES string of the molecule is C#CCC(CC)NS(=O)(=O)c1ccc(N)cc1. The molecule has 1 rings (SSSR count). The molecule has 1 atom stereocenters. The number of nitrogens with two attached hydrogens (primary N) is 1. The molecule has 0 bridgehead atoms. The minimum atomic E-state index is -3.51. The van der Waals surface area contributed by atoms with Crippen molar-refractivity contribution >= 4 is 15.7 Å². The van der Waals surface area contributed by atoms with E-state index in [0.29, 0.717) is 18.5 Å². The lowest BCUT2D eigenvalue weighted by molar-refractivity contribution is 0.544. The average molecular weight is 252 g/mol. The van der Waals surface area contributed by atoms with E-state index in [2.05, 4.69) is 10.6 Å². The van der Waals surface area contributed by atoms with Crippen LogP contribution in [-0.4, -0.2) is 14.5 Å². The Labute approximate surface area is 102 Å². The highest BCUT2D eigenvalue weighted by atomic mass is 32.2. The molecule has 0 aliphatic carbocycles. The van der Waals surface area contributed by atoms with Crippen molar-refractivity contribution in [3.8, 4) is 12.3 Å². The molecule has 0 amide bonds. The van der Waals surface area contributed by atoms with Crippen LogP contribution in [0.25, 0.3) is 0 Å². The Morgan fingerprint density at radius 3 is 2.47 bits per heavy atom. The number of hydrogen-bond donors (Lipinski definition) is 2. The largest absolute Gasteiger partial charge is 0.399 e. The fourth-order valence-corrected chi connectivity index (χ4v) is 2.67. The van der Waals surface area contributed by atoms with Crippen LogP contribution in [0.4, 0.5) is 5.69 Å². The zero-order chi connectivity index (χ0) is 12.9. The van der Waals surface area contributed by atoms with Crippen molar-refractivity contribution in [2.75, 3.05) is 5.73 Å². The Hall–Kier alpha value is -1.51. The normalized spacial score (nSPS) is 12.9. The molecule has 1 aromatic rings. The minimum Gasteiger partial charge on any atom is -0.399 e. The summed E-state index contributed by atoms with van der Waals surface area (Å²) in [5.41, 5.74) is 6.03. The molecule has 0 saturated heterocycles. The molecule has 17 heavy (non-hydrogen) atoms. The van der Waals surface area contributed by atoms with Crippen molar-refractivity contribution in [1.29, 1.82) is 0 Å². The van der Waals surface area contributed by atoms with E-state index in [9.17, 15) is 8.42 Å². The number of benzene rings is 1. The molecule has 92 valence electrons. The summed E-state index contributed by atoms with van der Waals surface area (Å²) >= 11 is 0. The standard InChI is InChI=1S/C12H16N2O2S/c1-3-5-11(4-2)14-17(15,16)12-8-6-10(13)7-9-12/h1,6-9,11,14H,4-5,13H2,2H3. The van der Waals surface area contributed by atoms with E-state index in [0.717, 1.165) is 0 Å². The van der Waals surface area contributed by atoms with Crippen LogP contribution >= 0.6 is 0 Å². The number of sulfonamides is 1. The number of nitrogen functional groups attached to an aromatic ring is 1. The van der Waals surface area contributed by atoms with Crippen molar-refractivity contribution in [2.45, 2.75) is 30.7 Å². The van der Waals surface area contributed by atoms with Crippen molar-refractivity contribution in [3.05, 3.63) is 24.3 Å². The van der Waals surface area contributed by atoms with E-state index < -0.39 is 10.0 Å². The van der Waals surface area contributed by atoms with Gasteiger partial charge in [0.1, 0.15) is 0 Å². The van der Waals surface area contributed by atoms with E-state index in [1.807, 2.05) is 6.92 Å². The van der Waals surface area contributed by atoms with Crippen LogP contribution in [0.3, 0.4) is 0 Å². The molecule has 0 aliphatic heterocycles. The predicted octanol–water partition coefficient (Wildman–Crippen LogP) is 1.35. The van der Waals surface area contributed by atoms with E-state index in [1.165, 1.54) is 12.1 Å². The fourth-order valence-electron chi connectivity index (χ4n) is 1.35. The van der Waals surface area contributed by atoms with E-state index >= 15 is 0 Å². The van der Waals surface area contributed by atoms with E-state index in [1.54, 1.807) is 12.1 Å². The second-order valence-corrected chi connectivity index (χ2v) is 5.42. The van der Waals surface area contributed by atoms with Gasteiger partial charge >= 0.3 is 0 Å². The first kappa shape index (κ1) is 13.6. The summed E-state index contributed by atoms with van der Waals surface area (Å²) in [6, 6.07) is 5.82. The molecule has 3 N–H and O–H groups in total. The first-order valence-corrected chi connectivity index (χ1v) is 6.79. The molecule has 0 fully saturated rings. The first-order valence-electron chi connectivity index (χ1n) is 5.31. The molecule has 1 aromatic carbocycles. The lowest BCUT2D eigenvalue weighted by atomic mass is 10.2. The maximum Gasteiger partial charge on any atom is 0.240 e. The van der Waals surface area contributed by atoms with Crippen molar-refractivity contribution < 1.29 is 8.42 Å². The fraction of sp³-hybridized carbons (Fsp3) is 0.333. The van der Waals surface area contributed by atoms with Gasteiger partial charge in [0, 0.05) is 18.2 Å². The van der Waals surface area contributed by atoms with Gasteiger partial charge < -0.3 is 5.73 Å². The van der Waals surface area contributed by atoms with Crippen molar-refractivity contribution in [3.63, 3.8) is 0 Å². The maximum atomic E-state index is 12.0. The third kappa shape index (κ3) is 3.77. The predicted molar refractivity (Wildman–Crippen MR) is 68.7 cm³/mol. The van der Waals surface area contributed by atoms with Crippen LogP contribution in [0.15, 0.2) is 29.2 Å². The summed E-state index contributed by atoms with van der Waals surface area (Å²) in [4.78, 5) is 0.196. The van der Waals surface area contributed by atoms with Gasteiger partial charge in [0.2, 0.25) is 10.0 Å². The minimum absolute atomic E-state index is 0.196. The van der Waals surface area contributed by atoms with E-state index in [-0.39, 0.29) is 10.9 Å². The second kappa shape index (κ2) is 5.71. The summed E-state index contributed by atoms with van der Waals surface area (Å²) in [6.07, 6.45) is 6.21. The quantitative estimate of drug-likeness (QED) is 0.613. The second-order valence-electron chi connectivity index (χ2n) is 3.70. The number of terminal acetylenes is 1. The summed E-state index contributed by atoms with van der Waals surface area (Å²) in [5.74, 6) is 2.45. The Morgan fingerprint density at radius 2 is 2.00 bits per heavy atom. The van der Waals surface area contributed by atoms with Gasteiger partial charge in [-0.25, -0.2) is 13.1 Å². The number of anilines is 1. The number of rotatable bonds is 5. The molecule has 0 spiro atoms. The topological polar surface area (TPSA) is 72.2 Å². The van der Waals surface area contributed by atoms with Crippen LogP contribution in [0, 0.1) is 12.3 Å². The smallest absolute Gasteiger partial charge is 0.240 e. The molecular formula is C12H16N2O2S. The molecule has 0 heterocycles. The van der Waals surface area contributed by atoms with Crippen LogP contribution in [-0.2, 0) is 10.0 Å². The molecular weight excluding hydrogens is 236 g/mol. The molecule has 5 heteroatoms. The van der Waals surface area contributed by atoms with Crippen LogP contribution in [0.5, 0.6) is 0 Å². The summed E-state index contributed by atoms with van der Waals surface area (Å²) in [7, 11) is -3.51. The zero-order valence-corrected chi connectivity index (χ0v) is 10.5. The van der Waals surface area contributed by atoms with Crippen molar-refractivity contribution in [1.82, 2.24) is 4.72 Å². The van der Waals surface area contributed by atoms with Gasteiger partial charge in [-0.3, -0.25) is 0 Å². The third-order valence-electron chi connectivity index (χ3n) is 2.37. The van der Waals surface area contributed by atoms with Crippen LogP contribution < -0.4 is 10.5 Å². The van der Waals surface area contributed by atoms with Gasteiger partial charge in [-0.2, -0.15) is 0 Å². The molecule has 0 radical (unpaired) electrons. The summed E-state index contributed by atoms with van der Waals surface area (Å²) in [6.45, 7) is 1.88. The number of nitrogens with one attached hydrogen (secondary N) is 1. The Kier molecular flexibility index (Phi) is 4.55. The van der Waals surface area contributed by atoms with Crippen LogP contribution in [0.2, 0.25) is 0 Å². The Bertz CT molecular complexity index is 500. The van der Waals surface area contributed by atoms with Gasteiger partial charge in [-0.1, -0.05) is 6.92 Å². The van der Waals surface area contributed by atoms with Gasteiger partial charge in [-0.05, 0) is 30.7 Å². The highest BCUT2D eigenvalue weighted by molar-refractivity contribution is 7.89. The summed E-state index contributed by atoms with van der Waals surface area (Å²) < 4.78 is 26.5. The molecule has 0 aromatic heterocycles. The lowest BCUT2D eigenvalue weighted by Gasteiger charge is -2.14. The summed E-state index contributed by atoms with van der Waals surface area (Å²) in [5, 5.41) is 0. The molecule has 0 saturated carbocycles. The molecule has 1 unspecified atom stereocenters. The van der Waals surface area contributed by atoms with Crippen molar-refractivity contribution in [2.24, 2.45) is 0 Å². The maximum absolute atomic E-state index is 12.0. The number of hydrogen-bond acceptors (Lipinski definition) is 3. The monoisotopic (exact) mass is 252 g/mol. The highest BCUT2D eigenvalue weighted by Gasteiger charge is 2.17. The van der Waals surface area contributed by atoms with Crippen LogP contribution in [0.1, 0.15) is 19.8 Å². The zero-order valence-electron chi connectivity index (χ0n) is 9.68. The van der Waals surface area contributed by atoms with E-state index in [4.69, 9.17) is 12.2 Å². The van der Waals surface area contributed by atoms with Gasteiger partial charge in [-0.15, -0.1) is 12.3 Å². The first-order chi connectivity index (χ1) is 7.99. The Morgan fingerprint density at radius 1 is 1.41 bits per heavy atom. The Balaban J connectivity index is 2.89. The highest BCUT2D eigenvalue weighted by Crippen LogP contribution is 2.13. The van der Waals surface area contributed by atoms with Gasteiger partial charge in [0.15, 0.2) is 0 Å². The van der Waals surface area contributed by atoms with Gasteiger partial charge in [0.25, 0.3) is 0 Å². The van der Waals surface area contributed by atoms with Gasteiger partial charge in [0.05, 0.1) is 4.90 Å². The lowest BCUT2D eigenvalue weighted by Crippen LogP contribution is -2.34.